The first-order valence-corrected chi connectivity index (χ1v) is 5.27. The molecule has 0 saturated carbocycles. The number of nitrogens with zero attached hydrogens (tertiary/aromatic N) is 2. The number of hydrogen-bond donors (Lipinski definition) is 0. The molecule has 1 aromatic rings. The molecule has 0 aliphatic rings. The Labute approximate surface area is 89.9 Å². The van der Waals surface area contributed by atoms with Crippen LogP contribution >= 0.6 is 23.1 Å². The molecule has 0 saturated heterocycles. The van der Waals surface area contributed by atoms with Crippen molar-refractivity contribution in [1.29, 1.82) is 0 Å². The maximum atomic E-state index is 10.6. The summed E-state index contributed by atoms with van der Waals surface area (Å²) in [6.07, 6.45) is 0.829. The van der Waals surface area contributed by atoms with E-state index in [9.17, 15) is 18.5 Å². The van der Waals surface area contributed by atoms with Crippen LogP contribution in [0.3, 0.4) is 0 Å². The highest BCUT2D eigenvalue weighted by Gasteiger charge is 2.13. The zero-order chi connectivity index (χ0) is 10.1. The lowest BCUT2D eigenvalue weighted by atomic mass is 10.4. The van der Waals surface area contributed by atoms with Crippen molar-refractivity contribution in [3.8, 4) is 0 Å². The Kier molecular flexibility index (Phi) is 4.24. The van der Waals surface area contributed by atoms with Gasteiger partial charge in [-0.25, -0.2) is 13.4 Å². The molecule has 0 N–H and O–H groups in total. The third-order valence-corrected chi connectivity index (χ3v) is 2.40. The first-order chi connectivity index (χ1) is 5.91. The number of rotatable bonds is 2. The fourth-order valence-electron chi connectivity index (χ4n) is 0.625. The van der Waals surface area contributed by atoms with E-state index in [4.69, 9.17) is 10.7 Å². The molecule has 0 aliphatic carbocycles. The molecule has 1 rings (SSSR count). The largest absolute Gasteiger partial charge is 0.287 e. The summed E-state index contributed by atoms with van der Waals surface area (Å²) in [6.45, 7) is 0. The van der Waals surface area contributed by atoms with Crippen molar-refractivity contribution in [2.24, 2.45) is 0 Å². The quantitative estimate of drug-likeness (QED) is 0.454. The zero-order valence-electron chi connectivity index (χ0n) is 6.45. The third-order valence-electron chi connectivity index (χ3n) is 1.18. The molecule has 9 heteroatoms. The van der Waals surface area contributed by atoms with Crippen molar-refractivity contribution in [3.05, 3.63) is 28.4 Å². The molecule has 0 radical (unpaired) electrons. The zero-order valence-corrected chi connectivity index (χ0v) is 8.84. The minimum Gasteiger partial charge on any atom is -0.258 e. The van der Waals surface area contributed by atoms with Gasteiger partial charge in [0.15, 0.2) is 5.03 Å². The molecule has 0 amide bonds. The molecule has 0 bridgehead atoms. The van der Waals surface area contributed by atoms with Gasteiger partial charge in [0.1, 0.15) is 6.20 Å². The molecule has 14 heavy (non-hydrogen) atoms. The Bertz CT molecular complexity index is 430. The highest BCUT2D eigenvalue weighted by atomic mass is 35.7. The van der Waals surface area contributed by atoms with Crippen molar-refractivity contribution in [1.82, 2.24) is 4.98 Å². The summed E-state index contributed by atoms with van der Waals surface area (Å²) in [6, 6.07) is 1.99. The van der Waals surface area contributed by atoms with E-state index < -0.39 is 19.0 Å². The van der Waals surface area contributed by atoms with Crippen LogP contribution < -0.4 is 0 Å². The Morgan fingerprint density at radius 2 is 2.00 bits per heavy atom. The van der Waals surface area contributed by atoms with Crippen molar-refractivity contribution in [2.75, 3.05) is 0 Å². The second-order valence-electron chi connectivity index (χ2n) is 2.05. The second kappa shape index (κ2) is 4.54. The van der Waals surface area contributed by atoms with E-state index in [0.29, 0.717) is 0 Å². The lowest BCUT2D eigenvalue weighted by Gasteiger charge is -1.93. The number of aromatic nitrogens is 1. The monoisotopic (exact) mass is 258 g/mol. The molecular weight excluding hydrogens is 255 g/mol. The van der Waals surface area contributed by atoms with E-state index in [1.165, 1.54) is 0 Å². The topological polar surface area (TPSA) is 90.2 Å². The summed E-state index contributed by atoms with van der Waals surface area (Å²) in [4.78, 5) is 12.8. The Balaban J connectivity index is 0.00000169. The summed E-state index contributed by atoms with van der Waals surface area (Å²) >= 11 is 0. The fraction of sp³-hybridized carbons (Fsp3) is 0. The van der Waals surface area contributed by atoms with Crippen LogP contribution in [0.25, 0.3) is 0 Å². The Morgan fingerprint density at radius 3 is 2.29 bits per heavy atom. The van der Waals surface area contributed by atoms with Gasteiger partial charge in [-0.05, 0) is 6.07 Å². The van der Waals surface area contributed by atoms with Gasteiger partial charge in [-0.3, -0.25) is 10.1 Å². The standard InChI is InChI=1S/C5H3ClN2O4S.ClH/c6-13(11,12)5-2-1-4(3-7-5)8(9)10;/h1-3H;1H. The fourth-order valence-corrected chi connectivity index (χ4v) is 1.31. The average molecular weight is 259 g/mol. The third kappa shape index (κ3) is 3.09. The van der Waals surface area contributed by atoms with E-state index in [0.717, 1.165) is 18.3 Å². The average Bonchev–Trinajstić information content (AvgIpc) is 2.03. The van der Waals surface area contributed by atoms with Crippen LogP contribution in [-0.4, -0.2) is 18.3 Å². The van der Waals surface area contributed by atoms with E-state index in [-0.39, 0.29) is 18.1 Å². The van der Waals surface area contributed by atoms with Crippen LogP contribution in [0.4, 0.5) is 5.69 Å². The van der Waals surface area contributed by atoms with E-state index in [1.54, 1.807) is 0 Å². The van der Waals surface area contributed by atoms with Gasteiger partial charge in [-0.2, -0.15) is 0 Å². The Morgan fingerprint density at radius 1 is 1.43 bits per heavy atom. The first kappa shape index (κ1) is 13.1. The van der Waals surface area contributed by atoms with E-state index >= 15 is 0 Å². The van der Waals surface area contributed by atoms with Gasteiger partial charge in [0.2, 0.25) is 0 Å². The number of pyridine rings is 1. The molecule has 0 aliphatic heterocycles. The maximum Gasteiger partial charge on any atom is 0.287 e. The van der Waals surface area contributed by atoms with Crippen molar-refractivity contribution >= 4 is 37.8 Å². The molecule has 0 spiro atoms. The summed E-state index contributed by atoms with van der Waals surface area (Å²) < 4.78 is 21.3. The predicted octanol–water partition coefficient (Wildman–Crippen LogP) is 1.34. The number of hydrogen-bond acceptors (Lipinski definition) is 5. The van der Waals surface area contributed by atoms with E-state index in [2.05, 4.69) is 4.98 Å². The summed E-state index contributed by atoms with van der Waals surface area (Å²) in [7, 11) is 1.02. The van der Waals surface area contributed by atoms with Crippen LogP contribution in [-0.2, 0) is 9.05 Å². The van der Waals surface area contributed by atoms with Crippen LogP contribution in [0, 0.1) is 10.1 Å². The highest BCUT2D eigenvalue weighted by Crippen LogP contribution is 2.15. The normalized spacial score (nSPS) is 10.4. The van der Waals surface area contributed by atoms with Crippen molar-refractivity contribution < 1.29 is 13.3 Å². The van der Waals surface area contributed by atoms with Crippen LogP contribution in [0.2, 0.25) is 0 Å². The minimum atomic E-state index is -3.91. The van der Waals surface area contributed by atoms with Crippen molar-refractivity contribution in [3.63, 3.8) is 0 Å². The molecule has 1 aromatic heterocycles. The van der Waals surface area contributed by atoms with Crippen LogP contribution in [0.5, 0.6) is 0 Å². The van der Waals surface area contributed by atoms with Gasteiger partial charge in [0.05, 0.1) is 4.92 Å². The number of halogens is 2. The lowest BCUT2D eigenvalue weighted by Crippen LogP contribution is -1.96. The maximum absolute atomic E-state index is 10.6. The molecule has 78 valence electrons. The van der Waals surface area contributed by atoms with Crippen LogP contribution in [0.1, 0.15) is 0 Å². The smallest absolute Gasteiger partial charge is 0.258 e. The molecule has 0 unspecified atom stereocenters. The van der Waals surface area contributed by atoms with Crippen LogP contribution in [0.15, 0.2) is 23.4 Å². The van der Waals surface area contributed by atoms with E-state index in [1.807, 2.05) is 0 Å². The molecular formula is C5H4Cl2N2O4S. The van der Waals surface area contributed by atoms with Gasteiger partial charge in [-0.15, -0.1) is 12.4 Å². The molecule has 0 fully saturated rings. The Hall–Kier alpha value is -0.920. The highest BCUT2D eigenvalue weighted by molar-refractivity contribution is 8.13. The van der Waals surface area contributed by atoms with Gasteiger partial charge >= 0.3 is 0 Å². The lowest BCUT2D eigenvalue weighted by molar-refractivity contribution is -0.385. The van der Waals surface area contributed by atoms with Gasteiger partial charge in [0, 0.05) is 16.7 Å². The summed E-state index contributed by atoms with van der Waals surface area (Å²) in [5, 5.41) is 9.74. The van der Waals surface area contributed by atoms with Crippen molar-refractivity contribution in [2.45, 2.75) is 5.03 Å². The molecule has 1 heterocycles. The van der Waals surface area contributed by atoms with Gasteiger partial charge < -0.3 is 0 Å². The molecule has 0 aromatic carbocycles. The molecule has 0 atom stereocenters. The first-order valence-electron chi connectivity index (χ1n) is 2.96. The second-order valence-corrected chi connectivity index (χ2v) is 4.56. The minimum absolute atomic E-state index is 0. The van der Waals surface area contributed by atoms with Gasteiger partial charge in [0.25, 0.3) is 14.7 Å². The summed E-state index contributed by atoms with van der Waals surface area (Å²) in [5.74, 6) is 0. The SMILES string of the molecule is Cl.O=[N+]([O-])c1ccc(S(=O)(=O)Cl)nc1. The predicted molar refractivity (Wildman–Crippen MR) is 51.2 cm³/mol. The summed E-state index contributed by atoms with van der Waals surface area (Å²) in [5.41, 5.74) is -0.288. The number of nitro groups is 1. The molecule has 6 nitrogen and oxygen atoms in total. The van der Waals surface area contributed by atoms with Gasteiger partial charge in [-0.1, -0.05) is 0 Å².